The summed E-state index contributed by atoms with van der Waals surface area (Å²) in [6, 6.07) is 13.1. The number of carbonyl (C=O) groups is 1. The predicted molar refractivity (Wildman–Crippen MR) is 124 cm³/mol. The van der Waals surface area contributed by atoms with Gasteiger partial charge in [-0.3, -0.25) is 4.79 Å². The minimum atomic E-state index is -3.56. The fourth-order valence-electron chi connectivity index (χ4n) is 4.59. The topological polar surface area (TPSA) is 79.0 Å². The number of amides is 1. The molecular weight excluding hydrogens is 445 g/mol. The number of hydrogen-bond acceptors (Lipinski definition) is 5. The van der Waals surface area contributed by atoms with Crippen molar-refractivity contribution < 1.29 is 22.3 Å². The Bertz CT molecular complexity index is 1060. The van der Waals surface area contributed by atoms with Crippen LogP contribution in [0.2, 0.25) is 0 Å². The van der Waals surface area contributed by atoms with E-state index in [0.29, 0.717) is 30.6 Å². The number of piperidine rings is 2. The molecule has 2 aromatic rings. The van der Waals surface area contributed by atoms with E-state index in [2.05, 4.69) is 10.2 Å². The lowest BCUT2D eigenvalue weighted by molar-refractivity contribution is -0.114. The highest BCUT2D eigenvalue weighted by molar-refractivity contribution is 7.89. The highest BCUT2D eigenvalue weighted by Gasteiger charge is 2.33. The molecule has 0 radical (unpaired) electrons. The zero-order valence-corrected chi connectivity index (χ0v) is 19.6. The predicted octanol–water partition coefficient (Wildman–Crippen LogP) is 3.48. The number of ether oxygens (including phenoxy) is 1. The minimum Gasteiger partial charge on any atom is -0.487 e. The Morgan fingerprint density at radius 3 is 2.21 bits per heavy atom. The molecule has 2 aromatic carbocycles. The van der Waals surface area contributed by atoms with Crippen LogP contribution < -0.4 is 10.1 Å². The van der Waals surface area contributed by atoms with Gasteiger partial charge in [-0.05, 0) is 62.1 Å². The molecule has 178 valence electrons. The second kappa shape index (κ2) is 10.2. The van der Waals surface area contributed by atoms with Gasteiger partial charge in [-0.2, -0.15) is 4.31 Å². The summed E-state index contributed by atoms with van der Waals surface area (Å²) in [6.45, 7) is 4.09. The van der Waals surface area contributed by atoms with Crippen LogP contribution in [-0.4, -0.2) is 61.9 Å². The molecule has 2 fully saturated rings. The third kappa shape index (κ3) is 5.72. The SMILES string of the molecule is CC(=O)Nc1ccc(S(=O)(=O)N2CCC(N3CCC(Oc4ccccc4F)CC3)CC2)cc1. The Labute approximate surface area is 194 Å². The van der Waals surface area contributed by atoms with Crippen LogP contribution >= 0.6 is 0 Å². The average Bonchev–Trinajstić information content (AvgIpc) is 2.81. The molecule has 0 unspecified atom stereocenters. The number of para-hydroxylation sites is 1. The molecule has 0 spiro atoms. The molecule has 0 aromatic heterocycles. The van der Waals surface area contributed by atoms with Crippen LogP contribution in [0.1, 0.15) is 32.6 Å². The Morgan fingerprint density at radius 2 is 1.61 bits per heavy atom. The normalized spacial score (nSPS) is 19.3. The van der Waals surface area contributed by atoms with Crippen LogP contribution in [0, 0.1) is 5.82 Å². The van der Waals surface area contributed by atoms with Crippen LogP contribution in [0.5, 0.6) is 5.75 Å². The maximum Gasteiger partial charge on any atom is 0.243 e. The quantitative estimate of drug-likeness (QED) is 0.692. The Balaban J connectivity index is 1.27. The molecule has 2 saturated heterocycles. The molecule has 0 atom stereocenters. The van der Waals surface area contributed by atoms with E-state index >= 15 is 0 Å². The van der Waals surface area contributed by atoms with Gasteiger partial charge in [0.05, 0.1) is 4.90 Å². The van der Waals surface area contributed by atoms with Crippen LogP contribution in [0.4, 0.5) is 10.1 Å². The number of nitrogens with one attached hydrogen (secondary N) is 1. The molecule has 2 aliphatic rings. The Morgan fingerprint density at radius 1 is 0.970 bits per heavy atom. The zero-order valence-electron chi connectivity index (χ0n) is 18.7. The summed E-state index contributed by atoms with van der Waals surface area (Å²) >= 11 is 0. The van der Waals surface area contributed by atoms with Crippen molar-refractivity contribution in [3.8, 4) is 5.75 Å². The van der Waals surface area contributed by atoms with E-state index in [4.69, 9.17) is 4.74 Å². The highest BCUT2D eigenvalue weighted by atomic mass is 32.2. The fraction of sp³-hybridized carbons (Fsp3) is 0.458. The first kappa shape index (κ1) is 23.7. The molecule has 7 nitrogen and oxygen atoms in total. The van der Waals surface area contributed by atoms with Crippen LogP contribution in [-0.2, 0) is 14.8 Å². The second-order valence-electron chi connectivity index (χ2n) is 8.62. The Hall–Kier alpha value is -2.49. The van der Waals surface area contributed by atoms with Crippen molar-refractivity contribution in [2.24, 2.45) is 0 Å². The number of benzene rings is 2. The van der Waals surface area contributed by atoms with E-state index in [1.54, 1.807) is 34.6 Å². The summed E-state index contributed by atoms with van der Waals surface area (Å²) in [5.41, 5.74) is 0.572. The van der Waals surface area contributed by atoms with Crippen molar-refractivity contribution in [3.63, 3.8) is 0 Å². The number of anilines is 1. The monoisotopic (exact) mass is 475 g/mol. The summed E-state index contributed by atoms with van der Waals surface area (Å²) in [5.74, 6) is -0.228. The average molecular weight is 476 g/mol. The molecular formula is C24H30FN3O4S. The van der Waals surface area contributed by atoms with E-state index in [-0.39, 0.29) is 22.7 Å². The first-order valence-electron chi connectivity index (χ1n) is 11.4. The molecule has 2 aliphatic heterocycles. The number of sulfonamides is 1. The molecule has 1 amide bonds. The maximum atomic E-state index is 13.8. The van der Waals surface area contributed by atoms with Gasteiger partial charge in [0.15, 0.2) is 11.6 Å². The van der Waals surface area contributed by atoms with Crippen molar-refractivity contribution in [2.75, 3.05) is 31.5 Å². The third-order valence-electron chi connectivity index (χ3n) is 6.36. The van der Waals surface area contributed by atoms with Crippen LogP contribution in [0.15, 0.2) is 53.4 Å². The molecule has 33 heavy (non-hydrogen) atoms. The maximum absolute atomic E-state index is 13.8. The summed E-state index contributed by atoms with van der Waals surface area (Å²) in [7, 11) is -3.56. The van der Waals surface area contributed by atoms with Crippen LogP contribution in [0.3, 0.4) is 0 Å². The molecule has 0 aliphatic carbocycles. The van der Waals surface area contributed by atoms with Crippen molar-refractivity contribution in [2.45, 2.75) is 49.6 Å². The Kier molecular flexibility index (Phi) is 7.31. The summed E-state index contributed by atoms with van der Waals surface area (Å²) in [4.78, 5) is 13.8. The van der Waals surface area contributed by atoms with Gasteiger partial charge in [-0.1, -0.05) is 12.1 Å². The number of nitrogens with zero attached hydrogens (tertiary/aromatic N) is 2. The highest BCUT2D eigenvalue weighted by Crippen LogP contribution is 2.27. The number of likely N-dealkylation sites (tertiary alicyclic amines) is 1. The van der Waals surface area contributed by atoms with E-state index in [1.807, 2.05) is 0 Å². The largest absolute Gasteiger partial charge is 0.487 e. The van der Waals surface area contributed by atoms with Crippen LogP contribution in [0.25, 0.3) is 0 Å². The van der Waals surface area contributed by atoms with Crippen molar-refractivity contribution >= 4 is 21.6 Å². The number of rotatable bonds is 6. The van der Waals surface area contributed by atoms with Gasteiger partial charge < -0.3 is 15.0 Å². The first-order chi connectivity index (χ1) is 15.8. The number of halogens is 1. The summed E-state index contributed by atoms with van der Waals surface area (Å²) in [6.07, 6.45) is 3.21. The molecule has 9 heteroatoms. The lowest BCUT2D eigenvalue weighted by atomic mass is 10.00. The molecule has 0 bridgehead atoms. The van der Waals surface area contributed by atoms with E-state index in [9.17, 15) is 17.6 Å². The van der Waals surface area contributed by atoms with E-state index < -0.39 is 10.0 Å². The molecule has 1 N–H and O–H groups in total. The third-order valence-corrected chi connectivity index (χ3v) is 8.27. The van der Waals surface area contributed by atoms with Gasteiger partial charge >= 0.3 is 0 Å². The van der Waals surface area contributed by atoms with Crippen molar-refractivity contribution in [1.82, 2.24) is 9.21 Å². The first-order valence-corrected chi connectivity index (χ1v) is 12.8. The smallest absolute Gasteiger partial charge is 0.243 e. The van der Waals surface area contributed by atoms with Crippen molar-refractivity contribution in [1.29, 1.82) is 0 Å². The lowest BCUT2D eigenvalue weighted by Gasteiger charge is -2.41. The van der Waals surface area contributed by atoms with E-state index in [0.717, 1.165) is 38.8 Å². The lowest BCUT2D eigenvalue weighted by Crippen LogP contribution is -2.50. The molecule has 0 saturated carbocycles. The van der Waals surface area contributed by atoms with Gasteiger partial charge in [0.1, 0.15) is 6.10 Å². The van der Waals surface area contributed by atoms with Gasteiger partial charge in [-0.15, -0.1) is 0 Å². The standard InChI is InChI=1S/C24H30FN3O4S/c1-18(29)26-19-6-8-22(9-7-19)33(30,31)28-16-10-20(11-17-28)27-14-12-21(13-15-27)32-24-5-3-2-4-23(24)25/h2-9,20-21H,10-17H2,1H3,(H,26,29). The summed E-state index contributed by atoms with van der Waals surface area (Å²) < 4.78 is 47.3. The fourth-order valence-corrected chi connectivity index (χ4v) is 6.06. The van der Waals surface area contributed by atoms with Gasteiger partial charge in [0.2, 0.25) is 15.9 Å². The van der Waals surface area contributed by atoms with E-state index in [1.165, 1.54) is 25.1 Å². The number of carbonyl (C=O) groups excluding carboxylic acids is 1. The molecule has 4 rings (SSSR count). The summed E-state index contributed by atoms with van der Waals surface area (Å²) in [5, 5.41) is 2.64. The van der Waals surface area contributed by atoms with Gasteiger partial charge in [0.25, 0.3) is 0 Å². The number of hydrogen-bond donors (Lipinski definition) is 1. The minimum absolute atomic E-state index is 0.000852. The van der Waals surface area contributed by atoms with Crippen molar-refractivity contribution in [3.05, 3.63) is 54.3 Å². The second-order valence-corrected chi connectivity index (χ2v) is 10.6. The van der Waals surface area contributed by atoms with Gasteiger partial charge in [0, 0.05) is 44.8 Å². The molecule has 2 heterocycles. The zero-order chi connectivity index (χ0) is 23.4. The van der Waals surface area contributed by atoms with Gasteiger partial charge in [-0.25, -0.2) is 12.8 Å².